The summed E-state index contributed by atoms with van der Waals surface area (Å²) >= 11 is 0. The Morgan fingerprint density at radius 1 is 1.23 bits per heavy atom. The number of fused-ring (bicyclic) bond motifs is 1. The molecule has 0 aliphatic carbocycles. The van der Waals surface area contributed by atoms with Crippen LogP contribution in [0.15, 0.2) is 35.5 Å². The van der Waals surface area contributed by atoms with Crippen molar-refractivity contribution in [3.8, 4) is 0 Å². The minimum absolute atomic E-state index is 0.00949. The first-order valence-electron chi connectivity index (χ1n) is 13.0. The summed E-state index contributed by atoms with van der Waals surface area (Å²) in [5, 5.41) is 12.6. The first-order valence-corrected chi connectivity index (χ1v) is 14.6. The van der Waals surface area contributed by atoms with E-state index in [2.05, 4.69) is 20.2 Å². The van der Waals surface area contributed by atoms with Crippen molar-refractivity contribution in [2.45, 2.75) is 68.9 Å². The van der Waals surface area contributed by atoms with Crippen molar-refractivity contribution in [3.05, 3.63) is 53.1 Å². The number of carbonyl (C=O) groups is 1. The number of hydrogen-bond donors (Lipinski definition) is 2. The maximum absolute atomic E-state index is 13.0. The van der Waals surface area contributed by atoms with Crippen molar-refractivity contribution in [3.63, 3.8) is 0 Å². The van der Waals surface area contributed by atoms with Gasteiger partial charge in [0, 0.05) is 25.5 Å². The van der Waals surface area contributed by atoms with E-state index in [0.717, 1.165) is 17.7 Å². The Balaban J connectivity index is 1.41. The van der Waals surface area contributed by atoms with Crippen LogP contribution < -0.4 is 5.32 Å². The molecule has 0 unspecified atom stereocenters. The monoisotopic (exact) mass is 570 g/mol. The number of pyridine rings is 2. The third-order valence-corrected chi connectivity index (χ3v) is 9.07. The molecule has 1 fully saturated rings. The first kappa shape index (κ1) is 29.4. The Morgan fingerprint density at radius 2 is 2.00 bits per heavy atom. The molecule has 4 atom stereocenters. The molecule has 214 valence electrons. The molecule has 0 bridgehead atoms. The Bertz CT molecular complexity index is 1270. The number of rotatable bonds is 9. The zero-order chi connectivity index (χ0) is 28.4. The van der Waals surface area contributed by atoms with Crippen LogP contribution in [0.5, 0.6) is 0 Å². The van der Waals surface area contributed by atoms with E-state index in [1.807, 2.05) is 6.92 Å². The van der Waals surface area contributed by atoms with Crippen LogP contribution >= 0.6 is 0 Å². The predicted octanol–water partition coefficient (Wildman–Crippen LogP) is 3.36. The minimum Gasteiger partial charge on any atom is -0.394 e. The largest absolute Gasteiger partial charge is 0.414 e. The summed E-state index contributed by atoms with van der Waals surface area (Å²) in [4.78, 5) is 23.9. The summed E-state index contributed by atoms with van der Waals surface area (Å²) in [6, 6.07) is 3.74. The minimum atomic E-state index is -4.34. The van der Waals surface area contributed by atoms with E-state index in [1.54, 1.807) is 6.07 Å². The number of aliphatic hydroxyl groups excluding tert-OH is 1. The average molecular weight is 571 g/mol. The van der Waals surface area contributed by atoms with Gasteiger partial charge in [0.2, 0.25) is 0 Å². The molecule has 1 saturated heterocycles. The molecule has 2 aliphatic heterocycles. The lowest BCUT2D eigenvalue weighted by molar-refractivity contribution is -0.236. The highest BCUT2D eigenvalue weighted by Crippen LogP contribution is 2.37. The number of ether oxygens (including phenoxy) is 1. The second kappa shape index (κ2) is 11.9. The summed E-state index contributed by atoms with van der Waals surface area (Å²) in [6.45, 7) is 4.24. The van der Waals surface area contributed by atoms with E-state index in [0.29, 0.717) is 30.8 Å². The van der Waals surface area contributed by atoms with Gasteiger partial charge in [-0.2, -0.15) is 13.2 Å². The third kappa shape index (κ3) is 6.59. The van der Waals surface area contributed by atoms with E-state index in [-0.39, 0.29) is 35.6 Å². The van der Waals surface area contributed by atoms with Gasteiger partial charge in [0.05, 0.1) is 52.9 Å². The van der Waals surface area contributed by atoms with Crippen molar-refractivity contribution in [1.29, 1.82) is 0 Å². The Morgan fingerprint density at radius 3 is 2.56 bits per heavy atom. The van der Waals surface area contributed by atoms with Crippen LogP contribution in [-0.4, -0.2) is 72.1 Å². The lowest BCUT2D eigenvalue weighted by Gasteiger charge is -2.34. The zero-order valence-corrected chi connectivity index (χ0v) is 22.6. The number of amides is 1. The molecule has 4 rings (SSSR count). The lowest BCUT2D eigenvalue weighted by Crippen LogP contribution is -2.40. The van der Waals surface area contributed by atoms with Crippen molar-refractivity contribution >= 4 is 15.7 Å². The summed E-state index contributed by atoms with van der Waals surface area (Å²) in [5.41, 5.74) is 2.32. The topological polar surface area (TPSA) is 122 Å². The Hall–Kier alpha value is -2.61. The fraction of sp³-hybridized carbons (Fsp3) is 0.577. The normalized spacial score (nSPS) is 22.9. The van der Waals surface area contributed by atoms with Crippen molar-refractivity contribution < 1.29 is 36.2 Å². The van der Waals surface area contributed by atoms with Crippen molar-refractivity contribution in [2.24, 2.45) is 5.92 Å². The molecule has 9 nitrogen and oxygen atoms in total. The molecule has 0 spiro atoms. The number of nitrogens with zero attached hydrogens (tertiary/aromatic N) is 3. The van der Waals surface area contributed by atoms with Gasteiger partial charge in [0.25, 0.3) is 5.91 Å². The summed E-state index contributed by atoms with van der Waals surface area (Å²) in [7, 11) is -3.43. The van der Waals surface area contributed by atoms with Gasteiger partial charge in [0.15, 0.2) is 15.9 Å². The number of nitrogens with one attached hydrogen (secondary N) is 1. The van der Waals surface area contributed by atoms with Crippen LogP contribution in [0, 0.1) is 5.92 Å². The van der Waals surface area contributed by atoms with E-state index in [1.165, 1.54) is 31.5 Å². The number of alkyl halides is 3. The molecule has 0 saturated carbocycles. The fourth-order valence-corrected chi connectivity index (χ4v) is 5.98. The Kier molecular flexibility index (Phi) is 8.94. The molecule has 2 aromatic heterocycles. The van der Waals surface area contributed by atoms with Gasteiger partial charge in [0.1, 0.15) is 0 Å². The van der Waals surface area contributed by atoms with Crippen LogP contribution in [-0.2, 0) is 21.1 Å². The highest BCUT2D eigenvalue weighted by molar-refractivity contribution is 7.91. The molecule has 2 N–H and O–H groups in total. The molecule has 13 heteroatoms. The highest BCUT2D eigenvalue weighted by atomic mass is 32.2. The average Bonchev–Trinajstić information content (AvgIpc) is 3.27. The second-order valence-corrected chi connectivity index (χ2v) is 12.2. The van der Waals surface area contributed by atoms with Crippen LogP contribution in [0.25, 0.3) is 0 Å². The quantitative estimate of drug-likeness (QED) is 0.471. The molecule has 2 aliphatic rings. The molecule has 1 amide bonds. The zero-order valence-electron chi connectivity index (χ0n) is 21.8. The summed E-state index contributed by atoms with van der Waals surface area (Å²) < 4.78 is 67.9. The number of carbonyl (C=O) groups excluding carboxylic acids is 1. The molecular formula is C26H33F3N4O5S. The number of sulfone groups is 1. The van der Waals surface area contributed by atoms with Crippen LogP contribution in [0.2, 0.25) is 0 Å². The van der Waals surface area contributed by atoms with Crippen molar-refractivity contribution in [2.75, 3.05) is 25.5 Å². The number of hydrogen-bond acceptors (Lipinski definition) is 8. The van der Waals surface area contributed by atoms with Gasteiger partial charge in [-0.3, -0.25) is 19.7 Å². The van der Waals surface area contributed by atoms with E-state index in [9.17, 15) is 31.5 Å². The lowest BCUT2D eigenvalue weighted by atomic mass is 9.97. The molecule has 0 radical (unpaired) electrons. The molecule has 39 heavy (non-hydrogen) atoms. The van der Waals surface area contributed by atoms with Gasteiger partial charge in [-0.25, -0.2) is 8.42 Å². The van der Waals surface area contributed by atoms with E-state index in [4.69, 9.17) is 4.74 Å². The van der Waals surface area contributed by atoms with E-state index < -0.39 is 40.7 Å². The molecule has 0 aromatic carbocycles. The smallest absolute Gasteiger partial charge is 0.394 e. The second-order valence-electron chi connectivity index (χ2n) is 9.96. The molecule has 2 aromatic rings. The van der Waals surface area contributed by atoms with Gasteiger partial charge in [-0.05, 0) is 48.9 Å². The SMILES string of the molecule is CC[C@H]1c2ncc(C(=O)N[C@@H](CO)c3ccc(S(=O)(=O)CC)cn3)cc2CN1C[C@H]1CC[C@H](C(F)(F)F)OC1. The van der Waals surface area contributed by atoms with Crippen LogP contribution in [0.1, 0.15) is 72.5 Å². The van der Waals surface area contributed by atoms with Gasteiger partial charge >= 0.3 is 6.18 Å². The predicted molar refractivity (Wildman–Crippen MR) is 135 cm³/mol. The summed E-state index contributed by atoms with van der Waals surface area (Å²) in [5.74, 6) is -0.559. The standard InChI is InChI=1S/C26H33F3N4O5S/c1-3-22-24-18(13-33(22)12-16-5-8-23(38-15-16)26(27,28)29)9-17(10-31-24)25(35)32-21(14-34)20-7-6-19(11-30-20)39(36,37)4-2/h6-7,9-11,16,21-23,34H,3-5,8,12-15H2,1-2H3,(H,32,35)/t16-,21+,22+,23-/m1/s1. The van der Waals surface area contributed by atoms with E-state index >= 15 is 0 Å². The number of halogens is 3. The first-order chi connectivity index (χ1) is 18.5. The Labute approximate surface area is 225 Å². The summed E-state index contributed by atoms with van der Waals surface area (Å²) in [6.07, 6.45) is -2.23. The van der Waals surface area contributed by atoms with Crippen LogP contribution in [0.4, 0.5) is 13.2 Å². The number of aromatic nitrogens is 2. The fourth-order valence-electron chi connectivity index (χ4n) is 5.16. The van der Waals surface area contributed by atoms with Crippen LogP contribution in [0.3, 0.4) is 0 Å². The number of aliphatic hydroxyl groups is 1. The van der Waals surface area contributed by atoms with Gasteiger partial charge < -0.3 is 15.2 Å². The highest BCUT2D eigenvalue weighted by Gasteiger charge is 2.43. The maximum atomic E-state index is 13.0. The third-order valence-electron chi connectivity index (χ3n) is 7.35. The molecule has 4 heterocycles. The van der Waals surface area contributed by atoms with Gasteiger partial charge in [-0.15, -0.1) is 0 Å². The maximum Gasteiger partial charge on any atom is 0.414 e. The molecular weight excluding hydrogens is 537 g/mol. The van der Waals surface area contributed by atoms with Gasteiger partial charge in [-0.1, -0.05) is 13.8 Å². The van der Waals surface area contributed by atoms with Crippen molar-refractivity contribution in [1.82, 2.24) is 20.2 Å².